The van der Waals surface area contributed by atoms with Crippen LogP contribution < -0.4 is 11.1 Å². The molecule has 88 valence electrons. The van der Waals surface area contributed by atoms with Crippen LogP contribution in [0.4, 0.5) is 14.5 Å². The van der Waals surface area contributed by atoms with Crippen molar-refractivity contribution in [3.63, 3.8) is 0 Å². The van der Waals surface area contributed by atoms with Crippen molar-refractivity contribution < 1.29 is 14.0 Å². The minimum atomic E-state index is -0.548. The number of benzene rings is 1. The van der Waals surface area contributed by atoms with Crippen molar-refractivity contribution in [2.45, 2.75) is 6.92 Å². The summed E-state index contributed by atoms with van der Waals surface area (Å²) in [6.45, 7) is 1.94. The molecule has 0 aromatic heterocycles. The van der Waals surface area contributed by atoms with Gasteiger partial charge in [0.05, 0.1) is 5.69 Å². The summed E-state index contributed by atoms with van der Waals surface area (Å²) in [5.41, 5.74) is 5.39. The zero-order chi connectivity index (χ0) is 12.1. The topological polar surface area (TPSA) is 70.6 Å². The van der Waals surface area contributed by atoms with Gasteiger partial charge in [-0.2, -0.15) is 0 Å². The van der Waals surface area contributed by atoms with E-state index in [1.54, 1.807) is 6.92 Å². The normalized spacial score (nSPS) is 13.6. The van der Waals surface area contributed by atoms with E-state index in [4.69, 9.17) is 10.9 Å². The minimum absolute atomic E-state index is 0.0318. The Hall–Kier alpha value is -1.85. The average Bonchev–Trinajstić information content (AvgIpc) is 2.28. The van der Waals surface area contributed by atoms with Gasteiger partial charge in [0.1, 0.15) is 17.5 Å². The lowest BCUT2D eigenvalue weighted by molar-refractivity contribution is 0.315. The highest BCUT2D eigenvalue weighted by Crippen LogP contribution is 2.15. The average molecular weight is 229 g/mol. The van der Waals surface area contributed by atoms with E-state index < -0.39 is 11.6 Å². The molecule has 0 fully saturated rings. The minimum Gasteiger partial charge on any atom is -0.409 e. The molecule has 1 aromatic carbocycles. The number of amidine groups is 1. The van der Waals surface area contributed by atoms with Crippen molar-refractivity contribution >= 4 is 11.5 Å². The molecular formula is C10H13F2N3O. The largest absolute Gasteiger partial charge is 0.409 e. The first kappa shape index (κ1) is 12.2. The zero-order valence-electron chi connectivity index (χ0n) is 8.74. The molecule has 1 unspecified atom stereocenters. The molecule has 16 heavy (non-hydrogen) atoms. The fourth-order valence-electron chi connectivity index (χ4n) is 1.10. The van der Waals surface area contributed by atoms with E-state index in [1.165, 1.54) is 0 Å². The number of hydrogen-bond donors (Lipinski definition) is 3. The van der Waals surface area contributed by atoms with Crippen molar-refractivity contribution in [1.29, 1.82) is 0 Å². The van der Waals surface area contributed by atoms with Gasteiger partial charge in [0.25, 0.3) is 0 Å². The van der Waals surface area contributed by atoms with E-state index in [0.29, 0.717) is 0 Å². The predicted molar refractivity (Wildman–Crippen MR) is 57.4 cm³/mol. The maximum absolute atomic E-state index is 13.2. The standard InChI is InChI=1S/C10H13F2N3O/c1-6(10(13)15-16)5-14-9-4-7(11)2-3-8(9)12/h2-4,6,14,16H,5H2,1H3,(H2,13,15). The molecule has 0 heterocycles. The third-order valence-corrected chi connectivity index (χ3v) is 2.15. The van der Waals surface area contributed by atoms with Gasteiger partial charge in [0.2, 0.25) is 0 Å². The molecule has 1 atom stereocenters. The molecule has 1 aromatic rings. The first-order chi connectivity index (χ1) is 7.54. The third kappa shape index (κ3) is 3.08. The molecule has 0 saturated heterocycles. The molecular weight excluding hydrogens is 216 g/mol. The fraction of sp³-hybridized carbons (Fsp3) is 0.300. The Bertz CT molecular complexity index is 396. The maximum atomic E-state index is 13.2. The van der Waals surface area contributed by atoms with Crippen molar-refractivity contribution in [3.05, 3.63) is 29.8 Å². The second-order valence-electron chi connectivity index (χ2n) is 3.43. The number of hydrogen-bond acceptors (Lipinski definition) is 3. The SMILES string of the molecule is CC(CNc1cc(F)ccc1F)C(N)=NO. The first-order valence-electron chi connectivity index (χ1n) is 4.71. The zero-order valence-corrected chi connectivity index (χ0v) is 8.74. The molecule has 6 heteroatoms. The van der Waals surface area contributed by atoms with Crippen LogP contribution in [0, 0.1) is 17.6 Å². The Labute approximate surface area is 91.8 Å². The van der Waals surface area contributed by atoms with Gasteiger partial charge in [-0.25, -0.2) is 8.78 Å². The van der Waals surface area contributed by atoms with Crippen molar-refractivity contribution in [3.8, 4) is 0 Å². The van der Waals surface area contributed by atoms with E-state index in [1.807, 2.05) is 0 Å². The molecule has 0 bridgehead atoms. The highest BCUT2D eigenvalue weighted by Gasteiger charge is 2.09. The number of nitrogens with one attached hydrogen (secondary N) is 1. The smallest absolute Gasteiger partial charge is 0.146 e. The second-order valence-corrected chi connectivity index (χ2v) is 3.43. The summed E-state index contributed by atoms with van der Waals surface area (Å²) < 4.78 is 26.0. The summed E-state index contributed by atoms with van der Waals surface area (Å²) in [6.07, 6.45) is 0. The van der Waals surface area contributed by atoms with Gasteiger partial charge >= 0.3 is 0 Å². The Kier molecular flexibility index (Phi) is 4.04. The van der Waals surface area contributed by atoms with E-state index in [2.05, 4.69) is 10.5 Å². The van der Waals surface area contributed by atoms with Crippen molar-refractivity contribution in [2.24, 2.45) is 16.8 Å². The van der Waals surface area contributed by atoms with Crippen LogP contribution in [0.2, 0.25) is 0 Å². The van der Waals surface area contributed by atoms with Gasteiger partial charge < -0.3 is 16.3 Å². The monoisotopic (exact) mass is 229 g/mol. The van der Waals surface area contributed by atoms with Crippen LogP contribution in [0.25, 0.3) is 0 Å². The molecule has 0 amide bonds. The maximum Gasteiger partial charge on any atom is 0.146 e. The Morgan fingerprint density at radius 3 is 2.88 bits per heavy atom. The Morgan fingerprint density at radius 2 is 2.25 bits per heavy atom. The number of anilines is 1. The summed E-state index contributed by atoms with van der Waals surface area (Å²) in [4.78, 5) is 0. The lowest BCUT2D eigenvalue weighted by Gasteiger charge is -2.12. The summed E-state index contributed by atoms with van der Waals surface area (Å²) in [6, 6.07) is 3.12. The Balaban J connectivity index is 2.64. The molecule has 0 aliphatic carbocycles. The van der Waals surface area contributed by atoms with Gasteiger partial charge in [0, 0.05) is 12.5 Å². The second kappa shape index (κ2) is 5.29. The molecule has 1 rings (SSSR count). The van der Waals surface area contributed by atoms with Crippen LogP contribution in [0.1, 0.15) is 6.92 Å². The van der Waals surface area contributed by atoms with Crippen LogP contribution in [0.5, 0.6) is 0 Å². The number of oxime groups is 1. The van der Waals surface area contributed by atoms with Crippen molar-refractivity contribution in [2.75, 3.05) is 11.9 Å². The highest BCUT2D eigenvalue weighted by molar-refractivity contribution is 5.82. The molecule has 0 aliphatic rings. The van der Waals surface area contributed by atoms with Crippen LogP contribution in [0.15, 0.2) is 23.4 Å². The van der Waals surface area contributed by atoms with Gasteiger partial charge in [0.15, 0.2) is 0 Å². The van der Waals surface area contributed by atoms with Crippen LogP contribution in [-0.4, -0.2) is 17.6 Å². The summed E-state index contributed by atoms with van der Waals surface area (Å²) >= 11 is 0. The molecule has 0 radical (unpaired) electrons. The van der Waals surface area contributed by atoms with E-state index in [0.717, 1.165) is 18.2 Å². The number of nitrogens with two attached hydrogens (primary N) is 1. The van der Waals surface area contributed by atoms with E-state index >= 15 is 0 Å². The highest BCUT2D eigenvalue weighted by atomic mass is 19.1. The third-order valence-electron chi connectivity index (χ3n) is 2.15. The van der Waals surface area contributed by atoms with Gasteiger partial charge in [-0.05, 0) is 18.2 Å². The lowest BCUT2D eigenvalue weighted by atomic mass is 10.1. The molecule has 0 spiro atoms. The lowest BCUT2D eigenvalue weighted by Crippen LogP contribution is -2.27. The van der Waals surface area contributed by atoms with E-state index in [9.17, 15) is 8.78 Å². The van der Waals surface area contributed by atoms with Gasteiger partial charge in [-0.3, -0.25) is 0 Å². The number of nitrogens with zero attached hydrogens (tertiary/aromatic N) is 1. The summed E-state index contributed by atoms with van der Waals surface area (Å²) in [5, 5.41) is 13.9. The number of rotatable bonds is 4. The first-order valence-corrected chi connectivity index (χ1v) is 4.71. The molecule has 4 nitrogen and oxygen atoms in total. The molecule has 0 aliphatic heterocycles. The Morgan fingerprint density at radius 1 is 1.56 bits per heavy atom. The summed E-state index contributed by atoms with van der Waals surface area (Å²) in [7, 11) is 0. The summed E-state index contributed by atoms with van der Waals surface area (Å²) in [5.74, 6) is -1.33. The predicted octanol–water partition coefficient (Wildman–Crippen LogP) is 1.76. The quantitative estimate of drug-likeness (QED) is 0.319. The van der Waals surface area contributed by atoms with Crippen LogP contribution in [-0.2, 0) is 0 Å². The van der Waals surface area contributed by atoms with Gasteiger partial charge in [-0.15, -0.1) is 0 Å². The van der Waals surface area contributed by atoms with Crippen LogP contribution >= 0.6 is 0 Å². The number of halogens is 2. The van der Waals surface area contributed by atoms with E-state index in [-0.39, 0.29) is 24.0 Å². The van der Waals surface area contributed by atoms with Crippen molar-refractivity contribution in [1.82, 2.24) is 0 Å². The molecule has 0 saturated carbocycles. The fourth-order valence-corrected chi connectivity index (χ4v) is 1.10. The van der Waals surface area contributed by atoms with Crippen LogP contribution in [0.3, 0.4) is 0 Å². The molecule has 4 N–H and O–H groups in total. The van der Waals surface area contributed by atoms with Gasteiger partial charge in [-0.1, -0.05) is 12.1 Å².